The molecule has 0 saturated carbocycles. The number of aryl methyl sites for hydroxylation is 1. The number of likely N-dealkylation sites (N-methyl/N-ethyl adjacent to an activating group) is 1. The molecule has 0 aliphatic rings. The summed E-state index contributed by atoms with van der Waals surface area (Å²) in [6.45, 7) is 6.00. The van der Waals surface area contributed by atoms with Gasteiger partial charge >= 0.3 is 0 Å². The fraction of sp³-hybridized carbons (Fsp3) is 0.353. The minimum absolute atomic E-state index is 0.0323. The van der Waals surface area contributed by atoms with E-state index in [1.807, 2.05) is 43.0 Å². The number of carbonyl (C=O) groups is 1. The summed E-state index contributed by atoms with van der Waals surface area (Å²) in [6.07, 6.45) is 1.69. The maximum Gasteiger partial charge on any atom is 0.234 e. The van der Waals surface area contributed by atoms with E-state index in [0.717, 1.165) is 22.8 Å². The summed E-state index contributed by atoms with van der Waals surface area (Å²) in [4.78, 5) is 22.5. The first-order chi connectivity index (χ1) is 11.1. The lowest BCUT2D eigenvalue weighted by Crippen LogP contribution is -2.36. The molecular weight excluding hydrogens is 312 g/mol. The van der Waals surface area contributed by atoms with Gasteiger partial charge in [-0.1, -0.05) is 36.7 Å². The van der Waals surface area contributed by atoms with Gasteiger partial charge < -0.3 is 5.32 Å². The van der Waals surface area contributed by atoms with Crippen molar-refractivity contribution in [3.63, 3.8) is 0 Å². The Labute approximate surface area is 141 Å². The average Bonchev–Trinajstić information content (AvgIpc) is 2.54. The quantitative estimate of drug-likeness (QED) is 0.846. The summed E-state index contributed by atoms with van der Waals surface area (Å²) in [6, 6.07) is 9.49. The third-order valence-corrected chi connectivity index (χ3v) is 3.84. The SMILES string of the molecule is CCN(CC(=O)NCc1ccnc(C)n1)Cc1ccccc1Cl. The Hall–Kier alpha value is -1.98. The van der Waals surface area contributed by atoms with E-state index < -0.39 is 0 Å². The van der Waals surface area contributed by atoms with Crippen LogP contribution in [0, 0.1) is 6.92 Å². The number of carbonyl (C=O) groups excluding carboxylic acids is 1. The van der Waals surface area contributed by atoms with Crippen molar-refractivity contribution in [3.8, 4) is 0 Å². The molecule has 6 heteroatoms. The molecule has 1 aromatic carbocycles. The minimum atomic E-state index is -0.0323. The zero-order chi connectivity index (χ0) is 16.7. The molecule has 0 radical (unpaired) electrons. The van der Waals surface area contributed by atoms with Crippen LogP contribution in [0.2, 0.25) is 5.02 Å². The number of halogens is 1. The molecule has 0 saturated heterocycles. The molecule has 0 fully saturated rings. The molecule has 2 aromatic rings. The number of hydrogen-bond acceptors (Lipinski definition) is 4. The van der Waals surface area contributed by atoms with Gasteiger partial charge in [0.05, 0.1) is 18.8 Å². The third kappa shape index (κ3) is 5.62. The second-order valence-electron chi connectivity index (χ2n) is 5.27. The highest BCUT2D eigenvalue weighted by molar-refractivity contribution is 6.31. The highest BCUT2D eigenvalue weighted by Crippen LogP contribution is 2.16. The number of aromatic nitrogens is 2. The summed E-state index contributed by atoms with van der Waals surface area (Å²) in [5.41, 5.74) is 1.83. The van der Waals surface area contributed by atoms with E-state index >= 15 is 0 Å². The van der Waals surface area contributed by atoms with Crippen molar-refractivity contribution >= 4 is 17.5 Å². The van der Waals surface area contributed by atoms with E-state index in [-0.39, 0.29) is 5.91 Å². The van der Waals surface area contributed by atoms with Gasteiger partial charge in [-0.25, -0.2) is 9.97 Å². The number of hydrogen-bond donors (Lipinski definition) is 1. The van der Waals surface area contributed by atoms with Crippen molar-refractivity contribution in [2.75, 3.05) is 13.1 Å². The molecule has 0 unspecified atom stereocenters. The average molecular weight is 333 g/mol. The van der Waals surface area contributed by atoms with E-state index in [1.54, 1.807) is 12.3 Å². The number of benzene rings is 1. The molecule has 1 N–H and O–H groups in total. The Morgan fingerprint density at radius 2 is 2.09 bits per heavy atom. The smallest absolute Gasteiger partial charge is 0.234 e. The molecular formula is C17H21ClN4O. The van der Waals surface area contributed by atoms with Gasteiger partial charge in [-0.15, -0.1) is 0 Å². The third-order valence-electron chi connectivity index (χ3n) is 3.47. The molecule has 0 bridgehead atoms. The summed E-state index contributed by atoms with van der Waals surface area (Å²) in [7, 11) is 0. The lowest BCUT2D eigenvalue weighted by Gasteiger charge is -2.20. The predicted molar refractivity (Wildman–Crippen MR) is 91.0 cm³/mol. The molecule has 2 rings (SSSR count). The van der Waals surface area contributed by atoms with Gasteiger partial charge in [0.2, 0.25) is 5.91 Å². The Kier molecular flexibility index (Phi) is 6.50. The molecule has 122 valence electrons. The predicted octanol–water partition coefficient (Wildman–Crippen LogP) is 2.58. The maximum atomic E-state index is 12.1. The van der Waals surface area contributed by atoms with Gasteiger partial charge in [-0.2, -0.15) is 0 Å². The van der Waals surface area contributed by atoms with E-state index in [1.165, 1.54) is 0 Å². The van der Waals surface area contributed by atoms with Crippen molar-refractivity contribution in [2.24, 2.45) is 0 Å². The van der Waals surface area contributed by atoms with Gasteiger partial charge in [0.1, 0.15) is 5.82 Å². The van der Waals surface area contributed by atoms with Crippen molar-refractivity contribution in [1.29, 1.82) is 0 Å². The summed E-state index contributed by atoms with van der Waals surface area (Å²) >= 11 is 6.18. The Morgan fingerprint density at radius 1 is 1.30 bits per heavy atom. The van der Waals surface area contributed by atoms with Gasteiger partial charge in [-0.05, 0) is 31.2 Å². The van der Waals surface area contributed by atoms with Crippen LogP contribution in [0.15, 0.2) is 36.5 Å². The van der Waals surface area contributed by atoms with Gasteiger partial charge in [0.25, 0.3) is 0 Å². The number of rotatable bonds is 7. The van der Waals surface area contributed by atoms with Crippen LogP contribution >= 0.6 is 11.6 Å². The Morgan fingerprint density at radius 3 is 2.78 bits per heavy atom. The summed E-state index contributed by atoms with van der Waals surface area (Å²) < 4.78 is 0. The molecule has 23 heavy (non-hydrogen) atoms. The number of amides is 1. The maximum absolute atomic E-state index is 12.1. The first-order valence-electron chi connectivity index (χ1n) is 7.59. The molecule has 0 aliphatic carbocycles. The lowest BCUT2D eigenvalue weighted by molar-refractivity contribution is -0.122. The van der Waals surface area contributed by atoms with Crippen LogP contribution < -0.4 is 5.32 Å². The first kappa shape index (κ1) is 17.4. The standard InChI is InChI=1S/C17H21ClN4O/c1-3-22(11-14-6-4-5-7-16(14)18)12-17(23)20-10-15-8-9-19-13(2)21-15/h4-9H,3,10-12H2,1-2H3,(H,20,23). The van der Waals surface area contributed by atoms with Crippen LogP contribution in [-0.2, 0) is 17.9 Å². The van der Waals surface area contributed by atoms with Gasteiger partial charge in [0, 0.05) is 17.8 Å². The van der Waals surface area contributed by atoms with Crippen LogP contribution in [0.5, 0.6) is 0 Å². The fourth-order valence-corrected chi connectivity index (χ4v) is 2.39. The van der Waals surface area contributed by atoms with Crippen molar-refractivity contribution in [3.05, 3.63) is 58.6 Å². The van der Waals surface area contributed by atoms with E-state index in [2.05, 4.69) is 15.3 Å². The molecule has 0 aliphatic heterocycles. The number of nitrogens with zero attached hydrogens (tertiary/aromatic N) is 3. The Balaban J connectivity index is 1.86. The van der Waals surface area contributed by atoms with E-state index in [0.29, 0.717) is 25.5 Å². The van der Waals surface area contributed by atoms with Gasteiger partial charge in [-0.3, -0.25) is 9.69 Å². The van der Waals surface area contributed by atoms with Crippen LogP contribution in [0.25, 0.3) is 0 Å². The zero-order valence-corrected chi connectivity index (χ0v) is 14.2. The normalized spacial score (nSPS) is 10.8. The second-order valence-corrected chi connectivity index (χ2v) is 5.67. The monoisotopic (exact) mass is 332 g/mol. The Bertz CT molecular complexity index is 663. The van der Waals surface area contributed by atoms with E-state index in [9.17, 15) is 4.79 Å². The highest BCUT2D eigenvalue weighted by atomic mass is 35.5. The fourth-order valence-electron chi connectivity index (χ4n) is 2.20. The molecule has 0 spiro atoms. The molecule has 0 atom stereocenters. The second kappa shape index (κ2) is 8.60. The van der Waals surface area contributed by atoms with Crippen LogP contribution in [0.1, 0.15) is 24.0 Å². The van der Waals surface area contributed by atoms with Crippen LogP contribution in [-0.4, -0.2) is 33.9 Å². The molecule has 5 nitrogen and oxygen atoms in total. The zero-order valence-electron chi connectivity index (χ0n) is 13.4. The molecule has 1 heterocycles. The highest BCUT2D eigenvalue weighted by Gasteiger charge is 2.11. The topological polar surface area (TPSA) is 58.1 Å². The van der Waals surface area contributed by atoms with Crippen molar-refractivity contribution in [2.45, 2.75) is 26.9 Å². The van der Waals surface area contributed by atoms with Crippen molar-refractivity contribution in [1.82, 2.24) is 20.2 Å². The van der Waals surface area contributed by atoms with Crippen LogP contribution in [0.4, 0.5) is 0 Å². The minimum Gasteiger partial charge on any atom is -0.349 e. The summed E-state index contributed by atoms with van der Waals surface area (Å²) in [5.74, 6) is 0.667. The molecule has 1 aromatic heterocycles. The summed E-state index contributed by atoms with van der Waals surface area (Å²) in [5, 5.41) is 3.61. The first-order valence-corrected chi connectivity index (χ1v) is 7.97. The lowest BCUT2D eigenvalue weighted by atomic mass is 10.2. The van der Waals surface area contributed by atoms with E-state index in [4.69, 9.17) is 11.6 Å². The largest absolute Gasteiger partial charge is 0.349 e. The number of nitrogens with one attached hydrogen (secondary N) is 1. The van der Waals surface area contributed by atoms with Crippen molar-refractivity contribution < 1.29 is 4.79 Å². The molecule has 1 amide bonds. The van der Waals surface area contributed by atoms with Crippen LogP contribution in [0.3, 0.4) is 0 Å². The van der Waals surface area contributed by atoms with Gasteiger partial charge in [0.15, 0.2) is 0 Å².